The maximum atomic E-state index is 13.6. The first-order valence-corrected chi connectivity index (χ1v) is 7.61. The number of carbonyl (C=O) groups excluding carboxylic acids is 2. The lowest BCUT2D eigenvalue weighted by molar-refractivity contribution is -0.135. The molecule has 0 bridgehead atoms. The zero-order valence-electron chi connectivity index (χ0n) is 11.4. The van der Waals surface area contributed by atoms with E-state index in [9.17, 15) is 18.4 Å². The van der Waals surface area contributed by atoms with Crippen molar-refractivity contribution in [2.75, 3.05) is 11.1 Å². The van der Waals surface area contributed by atoms with Crippen LogP contribution < -0.4 is 5.32 Å². The fraction of sp³-hybridized carbons (Fsp3) is 0.429. The molecular formula is C14H14F2N2O2S. The van der Waals surface area contributed by atoms with Crippen molar-refractivity contribution in [1.29, 1.82) is 0 Å². The third-order valence-corrected chi connectivity index (χ3v) is 5.44. The zero-order valence-corrected chi connectivity index (χ0v) is 12.2. The van der Waals surface area contributed by atoms with E-state index in [1.807, 2.05) is 6.92 Å². The number of hydrogen-bond acceptors (Lipinski definition) is 3. The summed E-state index contributed by atoms with van der Waals surface area (Å²) in [6, 6.07) is 2.23. The lowest BCUT2D eigenvalue weighted by Crippen LogP contribution is -2.48. The Morgan fingerprint density at radius 3 is 3.00 bits per heavy atom. The van der Waals surface area contributed by atoms with Crippen LogP contribution in [-0.4, -0.2) is 33.4 Å². The Hall–Kier alpha value is -1.63. The number of fused-ring (bicyclic) bond motifs is 1. The standard InChI is InChI=1S/C14H14F2N2O2S/c1-14-5-4-12(19)18(14)11(7-21-14)13(20)17-10-6-8(15)2-3-9(10)16/h2-3,6,11H,4-5,7H2,1H3,(H,17,20)/t11-,14+/m0/s1. The zero-order chi connectivity index (χ0) is 15.2. The number of nitrogens with one attached hydrogen (secondary N) is 1. The molecule has 0 spiro atoms. The van der Waals surface area contributed by atoms with Gasteiger partial charge in [-0.25, -0.2) is 8.78 Å². The van der Waals surface area contributed by atoms with Crippen LogP contribution in [0.25, 0.3) is 0 Å². The number of benzene rings is 1. The van der Waals surface area contributed by atoms with Crippen LogP contribution in [0.2, 0.25) is 0 Å². The minimum absolute atomic E-state index is 0.0673. The molecule has 2 aliphatic rings. The van der Waals surface area contributed by atoms with E-state index in [-0.39, 0.29) is 16.5 Å². The van der Waals surface area contributed by atoms with Crippen molar-refractivity contribution in [1.82, 2.24) is 4.90 Å². The normalized spacial score (nSPS) is 27.9. The van der Waals surface area contributed by atoms with Gasteiger partial charge in [0.25, 0.3) is 0 Å². The van der Waals surface area contributed by atoms with E-state index >= 15 is 0 Å². The van der Waals surface area contributed by atoms with Crippen LogP contribution >= 0.6 is 11.8 Å². The smallest absolute Gasteiger partial charge is 0.248 e. The largest absolute Gasteiger partial charge is 0.322 e. The van der Waals surface area contributed by atoms with E-state index in [2.05, 4.69) is 5.32 Å². The van der Waals surface area contributed by atoms with Crippen molar-refractivity contribution in [2.45, 2.75) is 30.7 Å². The van der Waals surface area contributed by atoms with Crippen molar-refractivity contribution < 1.29 is 18.4 Å². The molecule has 2 atom stereocenters. The molecule has 4 nitrogen and oxygen atoms in total. The summed E-state index contributed by atoms with van der Waals surface area (Å²) < 4.78 is 26.7. The number of rotatable bonds is 2. The van der Waals surface area contributed by atoms with Gasteiger partial charge in [0.2, 0.25) is 11.8 Å². The fourth-order valence-corrected chi connectivity index (χ4v) is 4.26. The molecule has 0 aliphatic carbocycles. The second-order valence-corrected chi connectivity index (χ2v) is 6.88. The SMILES string of the molecule is C[C@@]12CCC(=O)N1[C@H](C(=O)Nc1cc(F)ccc1F)CS2. The average molecular weight is 312 g/mol. The van der Waals surface area contributed by atoms with Crippen molar-refractivity contribution in [2.24, 2.45) is 0 Å². The highest BCUT2D eigenvalue weighted by atomic mass is 32.2. The highest BCUT2D eigenvalue weighted by molar-refractivity contribution is 8.01. The van der Waals surface area contributed by atoms with E-state index in [0.29, 0.717) is 18.6 Å². The molecule has 2 amide bonds. The third kappa shape index (κ3) is 2.39. The molecule has 2 fully saturated rings. The number of amides is 2. The second kappa shape index (κ2) is 4.98. The van der Waals surface area contributed by atoms with E-state index in [1.54, 1.807) is 16.7 Å². The van der Waals surface area contributed by atoms with Gasteiger partial charge in [0.15, 0.2) is 0 Å². The highest BCUT2D eigenvalue weighted by Crippen LogP contribution is 2.47. The molecule has 1 aromatic carbocycles. The maximum Gasteiger partial charge on any atom is 0.248 e. The summed E-state index contributed by atoms with van der Waals surface area (Å²) in [6.07, 6.45) is 1.12. The van der Waals surface area contributed by atoms with Gasteiger partial charge in [-0.05, 0) is 25.5 Å². The maximum absolute atomic E-state index is 13.6. The first-order chi connectivity index (χ1) is 9.90. The Bertz CT molecular complexity index is 625. The van der Waals surface area contributed by atoms with Gasteiger partial charge >= 0.3 is 0 Å². The lowest BCUT2D eigenvalue weighted by atomic mass is 10.2. The summed E-state index contributed by atoms with van der Waals surface area (Å²) in [5, 5.41) is 2.38. The minimum atomic E-state index is -0.703. The van der Waals surface area contributed by atoms with E-state index < -0.39 is 23.6 Å². The van der Waals surface area contributed by atoms with Gasteiger partial charge in [0.1, 0.15) is 17.7 Å². The molecule has 1 aromatic rings. The van der Waals surface area contributed by atoms with Crippen LogP contribution in [0, 0.1) is 11.6 Å². The van der Waals surface area contributed by atoms with Crippen molar-refractivity contribution in [3.05, 3.63) is 29.8 Å². The van der Waals surface area contributed by atoms with E-state index in [4.69, 9.17) is 0 Å². The molecule has 21 heavy (non-hydrogen) atoms. The van der Waals surface area contributed by atoms with Gasteiger partial charge in [-0.2, -0.15) is 0 Å². The van der Waals surface area contributed by atoms with E-state index in [1.165, 1.54) is 0 Å². The Morgan fingerprint density at radius 1 is 1.48 bits per heavy atom. The van der Waals surface area contributed by atoms with Gasteiger partial charge in [0.05, 0.1) is 10.6 Å². The van der Waals surface area contributed by atoms with Gasteiger partial charge in [-0.1, -0.05) is 0 Å². The molecule has 2 saturated heterocycles. The summed E-state index contributed by atoms with van der Waals surface area (Å²) in [7, 11) is 0. The Balaban J connectivity index is 1.80. The number of carbonyl (C=O) groups is 2. The summed E-state index contributed by atoms with van der Waals surface area (Å²) in [6.45, 7) is 1.93. The van der Waals surface area contributed by atoms with Crippen LogP contribution in [0.15, 0.2) is 18.2 Å². The summed E-state index contributed by atoms with van der Waals surface area (Å²) in [5.41, 5.74) is -0.203. The first-order valence-electron chi connectivity index (χ1n) is 6.63. The van der Waals surface area contributed by atoms with Crippen molar-refractivity contribution in [3.63, 3.8) is 0 Å². The van der Waals surface area contributed by atoms with Crippen LogP contribution in [0.3, 0.4) is 0 Å². The first kappa shape index (κ1) is 14.3. The molecule has 3 rings (SSSR count). The Morgan fingerprint density at radius 2 is 2.24 bits per heavy atom. The third-order valence-electron chi connectivity index (χ3n) is 3.93. The Kier molecular flexibility index (Phi) is 3.39. The number of anilines is 1. The predicted molar refractivity (Wildman–Crippen MR) is 75.7 cm³/mol. The predicted octanol–water partition coefficient (Wildman–Crippen LogP) is 2.36. The summed E-state index contributed by atoms with van der Waals surface area (Å²) in [4.78, 5) is 25.5. The van der Waals surface area contributed by atoms with Gasteiger partial charge < -0.3 is 10.2 Å². The number of thioether (sulfide) groups is 1. The summed E-state index contributed by atoms with van der Waals surface area (Å²) in [5.74, 6) is -1.42. The molecule has 0 radical (unpaired) electrons. The number of nitrogens with zero attached hydrogens (tertiary/aromatic N) is 1. The van der Waals surface area contributed by atoms with Gasteiger partial charge in [-0.3, -0.25) is 9.59 Å². The topological polar surface area (TPSA) is 49.4 Å². The molecular weight excluding hydrogens is 298 g/mol. The molecule has 2 heterocycles. The van der Waals surface area contributed by atoms with Crippen molar-refractivity contribution >= 4 is 29.3 Å². The van der Waals surface area contributed by atoms with Crippen LogP contribution in [0.5, 0.6) is 0 Å². The van der Waals surface area contributed by atoms with E-state index in [0.717, 1.165) is 18.2 Å². The second-order valence-electron chi connectivity index (χ2n) is 5.38. The van der Waals surface area contributed by atoms with Crippen LogP contribution in [0.4, 0.5) is 14.5 Å². The average Bonchev–Trinajstić information content (AvgIpc) is 2.91. The van der Waals surface area contributed by atoms with Gasteiger partial charge in [-0.15, -0.1) is 11.8 Å². The summed E-state index contributed by atoms with van der Waals surface area (Å²) >= 11 is 1.55. The molecule has 7 heteroatoms. The molecule has 0 aromatic heterocycles. The minimum Gasteiger partial charge on any atom is -0.322 e. The van der Waals surface area contributed by atoms with Crippen molar-refractivity contribution in [3.8, 4) is 0 Å². The molecule has 2 aliphatic heterocycles. The molecule has 1 N–H and O–H groups in total. The highest BCUT2D eigenvalue weighted by Gasteiger charge is 2.52. The Labute approximate surface area is 124 Å². The number of halogens is 2. The van der Waals surface area contributed by atoms with Gasteiger partial charge in [0, 0.05) is 18.2 Å². The number of hydrogen-bond donors (Lipinski definition) is 1. The molecule has 0 saturated carbocycles. The lowest BCUT2D eigenvalue weighted by Gasteiger charge is -2.29. The fourth-order valence-electron chi connectivity index (χ4n) is 2.82. The molecule has 0 unspecified atom stereocenters. The van der Waals surface area contributed by atoms with Crippen LogP contribution in [0.1, 0.15) is 19.8 Å². The van der Waals surface area contributed by atoms with Crippen LogP contribution in [-0.2, 0) is 9.59 Å². The monoisotopic (exact) mass is 312 g/mol. The molecule has 112 valence electrons. The quantitative estimate of drug-likeness (QED) is 0.912.